The molecule has 1 amide bonds. The third-order valence-electron chi connectivity index (χ3n) is 2.41. The van der Waals surface area contributed by atoms with Crippen LogP contribution in [-0.4, -0.2) is 5.91 Å². The first-order valence-corrected chi connectivity index (χ1v) is 7.71. The highest BCUT2D eigenvalue weighted by Crippen LogP contribution is 2.34. The smallest absolute Gasteiger partial charge is 0.319 e. The first-order valence-electron chi connectivity index (χ1n) is 5.31. The van der Waals surface area contributed by atoms with E-state index >= 15 is 0 Å². The Balaban J connectivity index is 2.28. The SMILES string of the molecule is O=C(Nc1cc(C(F)(F)F)ccc1F)c1cc(Br)c(Br)s1. The Hall–Kier alpha value is -0.930. The molecule has 1 aromatic heterocycles. The molecule has 2 rings (SSSR count). The molecule has 0 aliphatic heterocycles. The van der Waals surface area contributed by atoms with E-state index in [9.17, 15) is 22.4 Å². The van der Waals surface area contributed by atoms with Gasteiger partial charge in [0.05, 0.1) is 19.9 Å². The summed E-state index contributed by atoms with van der Waals surface area (Å²) < 4.78 is 52.5. The zero-order chi connectivity index (χ0) is 15.8. The second-order valence-corrected chi connectivity index (χ2v) is 7.10. The van der Waals surface area contributed by atoms with Gasteiger partial charge in [-0.2, -0.15) is 13.2 Å². The maximum Gasteiger partial charge on any atom is 0.416 e. The maximum atomic E-state index is 13.5. The minimum atomic E-state index is -4.61. The fourth-order valence-corrected chi connectivity index (χ4v) is 3.37. The van der Waals surface area contributed by atoms with Crippen LogP contribution >= 0.6 is 43.2 Å². The topological polar surface area (TPSA) is 29.1 Å². The van der Waals surface area contributed by atoms with E-state index in [-0.39, 0.29) is 4.88 Å². The molecular weight excluding hydrogens is 442 g/mol. The highest BCUT2D eigenvalue weighted by Gasteiger charge is 2.31. The van der Waals surface area contributed by atoms with E-state index in [1.54, 1.807) is 0 Å². The molecule has 0 atom stereocenters. The largest absolute Gasteiger partial charge is 0.416 e. The molecule has 2 aromatic rings. The van der Waals surface area contributed by atoms with E-state index < -0.39 is 29.2 Å². The number of hydrogen-bond donors (Lipinski definition) is 1. The number of amides is 1. The van der Waals surface area contributed by atoms with Gasteiger partial charge in [0, 0.05) is 4.47 Å². The Bertz CT molecular complexity index is 680. The van der Waals surface area contributed by atoms with E-state index in [0.717, 1.165) is 11.3 Å². The standard InChI is InChI=1S/C12H5Br2F4NOS/c13-6-4-9(21-10(6)14)11(20)19-8-3-5(12(16,17)18)1-2-7(8)15/h1-4H,(H,19,20). The highest BCUT2D eigenvalue weighted by molar-refractivity contribution is 9.13. The number of rotatable bonds is 2. The van der Waals surface area contributed by atoms with Crippen LogP contribution in [0, 0.1) is 5.82 Å². The number of carbonyl (C=O) groups excluding carboxylic acids is 1. The molecule has 1 N–H and O–H groups in total. The molecule has 1 aromatic carbocycles. The maximum absolute atomic E-state index is 13.5. The Labute approximate surface area is 137 Å². The van der Waals surface area contributed by atoms with Crippen LogP contribution in [-0.2, 0) is 6.18 Å². The van der Waals surface area contributed by atoms with Crippen LogP contribution in [0.15, 0.2) is 32.5 Å². The molecule has 0 aliphatic carbocycles. The Morgan fingerprint density at radius 2 is 1.86 bits per heavy atom. The van der Waals surface area contributed by atoms with Gasteiger partial charge in [-0.05, 0) is 56.1 Å². The highest BCUT2D eigenvalue weighted by atomic mass is 79.9. The summed E-state index contributed by atoms with van der Waals surface area (Å²) in [6, 6.07) is 3.32. The molecular formula is C12H5Br2F4NOS. The number of hydrogen-bond acceptors (Lipinski definition) is 2. The van der Waals surface area contributed by atoms with Crippen molar-refractivity contribution in [2.24, 2.45) is 0 Å². The van der Waals surface area contributed by atoms with Gasteiger partial charge in [-0.15, -0.1) is 11.3 Å². The van der Waals surface area contributed by atoms with E-state index in [1.807, 2.05) is 0 Å². The third kappa shape index (κ3) is 3.83. The number of carbonyl (C=O) groups is 1. The summed E-state index contributed by atoms with van der Waals surface area (Å²) in [6.07, 6.45) is -4.61. The van der Waals surface area contributed by atoms with Crippen molar-refractivity contribution in [2.75, 3.05) is 5.32 Å². The first kappa shape index (κ1) is 16.4. The number of halogens is 6. The van der Waals surface area contributed by atoms with Crippen LogP contribution in [0.4, 0.5) is 23.2 Å². The lowest BCUT2D eigenvalue weighted by Gasteiger charge is -2.10. The molecule has 0 aliphatic rings. The van der Waals surface area contributed by atoms with Gasteiger partial charge in [0.15, 0.2) is 0 Å². The van der Waals surface area contributed by atoms with E-state index in [4.69, 9.17) is 0 Å². The number of thiophene rings is 1. The van der Waals surface area contributed by atoms with E-state index in [0.29, 0.717) is 26.5 Å². The van der Waals surface area contributed by atoms with Gasteiger partial charge >= 0.3 is 6.18 Å². The summed E-state index contributed by atoms with van der Waals surface area (Å²) >= 11 is 7.44. The van der Waals surface area contributed by atoms with E-state index in [2.05, 4.69) is 37.2 Å². The minimum Gasteiger partial charge on any atom is -0.319 e. The van der Waals surface area contributed by atoms with Crippen LogP contribution in [0.2, 0.25) is 0 Å². The first-order chi connectivity index (χ1) is 9.68. The summed E-state index contributed by atoms with van der Waals surface area (Å²) in [6.45, 7) is 0. The van der Waals surface area contributed by atoms with Crippen molar-refractivity contribution in [1.29, 1.82) is 0 Å². The number of nitrogens with one attached hydrogen (secondary N) is 1. The molecule has 1 heterocycles. The molecule has 2 nitrogen and oxygen atoms in total. The van der Waals surface area contributed by atoms with Gasteiger partial charge in [0.1, 0.15) is 5.82 Å². The number of anilines is 1. The lowest BCUT2D eigenvalue weighted by atomic mass is 10.2. The summed E-state index contributed by atoms with van der Waals surface area (Å²) in [4.78, 5) is 12.1. The summed E-state index contributed by atoms with van der Waals surface area (Å²) in [5.74, 6) is -1.63. The predicted octanol–water partition coefficient (Wildman–Crippen LogP) is 5.68. The van der Waals surface area contributed by atoms with Crippen molar-refractivity contribution in [3.8, 4) is 0 Å². The molecule has 0 bridgehead atoms. The molecule has 0 saturated carbocycles. The second kappa shape index (κ2) is 6.05. The Kier molecular flexibility index (Phi) is 4.74. The van der Waals surface area contributed by atoms with Gasteiger partial charge < -0.3 is 5.32 Å². The van der Waals surface area contributed by atoms with Crippen LogP contribution in [0.5, 0.6) is 0 Å². The zero-order valence-corrected chi connectivity index (χ0v) is 13.9. The van der Waals surface area contributed by atoms with Crippen LogP contribution < -0.4 is 5.32 Å². The summed E-state index contributed by atoms with van der Waals surface area (Å²) in [7, 11) is 0. The third-order valence-corrected chi connectivity index (χ3v) is 5.67. The quantitative estimate of drug-likeness (QED) is 0.590. The molecule has 0 radical (unpaired) electrons. The van der Waals surface area contributed by atoms with Crippen molar-refractivity contribution in [3.63, 3.8) is 0 Å². The van der Waals surface area contributed by atoms with Crippen molar-refractivity contribution >= 4 is 54.8 Å². The average molecular weight is 447 g/mol. The van der Waals surface area contributed by atoms with E-state index in [1.165, 1.54) is 6.07 Å². The molecule has 0 saturated heterocycles. The lowest BCUT2D eigenvalue weighted by molar-refractivity contribution is -0.137. The molecule has 21 heavy (non-hydrogen) atoms. The van der Waals surface area contributed by atoms with Crippen LogP contribution in [0.3, 0.4) is 0 Å². The van der Waals surface area contributed by atoms with Crippen LogP contribution in [0.1, 0.15) is 15.2 Å². The summed E-state index contributed by atoms with van der Waals surface area (Å²) in [5.41, 5.74) is -1.55. The molecule has 112 valence electrons. The summed E-state index contributed by atoms with van der Waals surface area (Å²) in [5, 5.41) is 2.13. The fraction of sp³-hybridized carbons (Fsp3) is 0.0833. The molecule has 0 fully saturated rings. The van der Waals surface area contributed by atoms with Gasteiger partial charge in [-0.3, -0.25) is 4.79 Å². The van der Waals surface area contributed by atoms with Crippen molar-refractivity contribution in [2.45, 2.75) is 6.18 Å². The molecule has 9 heteroatoms. The average Bonchev–Trinajstić information content (AvgIpc) is 2.71. The van der Waals surface area contributed by atoms with Gasteiger partial charge in [0.25, 0.3) is 5.91 Å². The van der Waals surface area contributed by atoms with Crippen molar-refractivity contribution in [3.05, 3.63) is 48.8 Å². The Morgan fingerprint density at radius 3 is 2.38 bits per heavy atom. The number of alkyl halides is 3. The lowest BCUT2D eigenvalue weighted by Crippen LogP contribution is -2.13. The number of benzene rings is 1. The fourth-order valence-electron chi connectivity index (χ4n) is 1.44. The van der Waals surface area contributed by atoms with Crippen LogP contribution in [0.25, 0.3) is 0 Å². The second-order valence-electron chi connectivity index (χ2n) is 3.88. The Morgan fingerprint density at radius 1 is 1.19 bits per heavy atom. The predicted molar refractivity (Wildman–Crippen MR) is 79.1 cm³/mol. The zero-order valence-electron chi connectivity index (χ0n) is 9.89. The minimum absolute atomic E-state index is 0.227. The normalized spacial score (nSPS) is 11.5. The molecule has 0 unspecified atom stereocenters. The van der Waals surface area contributed by atoms with Crippen molar-refractivity contribution in [1.82, 2.24) is 0 Å². The monoisotopic (exact) mass is 445 g/mol. The van der Waals surface area contributed by atoms with Gasteiger partial charge in [0.2, 0.25) is 0 Å². The van der Waals surface area contributed by atoms with Crippen molar-refractivity contribution < 1.29 is 22.4 Å². The van der Waals surface area contributed by atoms with Gasteiger partial charge in [-0.1, -0.05) is 0 Å². The van der Waals surface area contributed by atoms with Gasteiger partial charge in [-0.25, -0.2) is 4.39 Å². The molecule has 0 spiro atoms.